The Kier molecular flexibility index (Phi) is 4.77. The Morgan fingerprint density at radius 1 is 1.14 bits per heavy atom. The van der Waals surface area contributed by atoms with E-state index in [1.165, 1.54) is 24.3 Å². The van der Waals surface area contributed by atoms with Gasteiger partial charge in [0.1, 0.15) is 0 Å². The monoisotopic (exact) mass is 394 g/mol. The van der Waals surface area contributed by atoms with Crippen molar-refractivity contribution < 1.29 is 19.2 Å². The van der Waals surface area contributed by atoms with E-state index < -0.39 is 10.8 Å². The van der Waals surface area contributed by atoms with Crippen LogP contribution in [0.5, 0.6) is 11.5 Å². The predicted octanol–water partition coefficient (Wildman–Crippen LogP) is 4.70. The lowest BCUT2D eigenvalue weighted by Gasteiger charge is -2.08. The molecular weight excluding hydrogens is 380 g/mol. The van der Waals surface area contributed by atoms with Crippen molar-refractivity contribution in [1.29, 1.82) is 0 Å². The average molecular weight is 394 g/mol. The van der Waals surface area contributed by atoms with Crippen molar-refractivity contribution in [2.45, 2.75) is 0 Å². The van der Waals surface area contributed by atoms with E-state index in [0.717, 1.165) is 10.4 Å². The van der Waals surface area contributed by atoms with Gasteiger partial charge in [-0.3, -0.25) is 14.9 Å². The van der Waals surface area contributed by atoms with Crippen LogP contribution >= 0.6 is 11.3 Å². The number of nitrogens with one attached hydrogen (secondary N) is 1. The summed E-state index contributed by atoms with van der Waals surface area (Å²) in [4.78, 5) is 24.2. The summed E-state index contributed by atoms with van der Waals surface area (Å²) in [5.41, 5.74) is 1.68. The number of ether oxygens (including phenoxy) is 2. The first-order valence-corrected chi connectivity index (χ1v) is 9.20. The van der Waals surface area contributed by atoms with Gasteiger partial charge in [0.15, 0.2) is 11.5 Å². The van der Waals surface area contributed by atoms with Crippen molar-refractivity contribution in [2.75, 3.05) is 12.1 Å². The summed E-state index contributed by atoms with van der Waals surface area (Å²) < 4.78 is 10.4. The number of thiophene rings is 1. The first-order chi connectivity index (χ1) is 13.6. The van der Waals surface area contributed by atoms with Gasteiger partial charge in [-0.2, -0.15) is 0 Å². The Morgan fingerprint density at radius 2 is 1.93 bits per heavy atom. The van der Waals surface area contributed by atoms with Crippen molar-refractivity contribution in [3.05, 3.63) is 75.7 Å². The molecule has 140 valence electrons. The Bertz CT molecular complexity index is 1080. The zero-order valence-electron chi connectivity index (χ0n) is 14.5. The molecule has 0 fully saturated rings. The van der Waals surface area contributed by atoms with Crippen LogP contribution < -0.4 is 14.8 Å². The summed E-state index contributed by atoms with van der Waals surface area (Å²) in [7, 11) is 0. The zero-order chi connectivity index (χ0) is 19.5. The smallest absolute Gasteiger partial charge is 0.280 e. The number of amides is 1. The van der Waals surface area contributed by atoms with E-state index in [-0.39, 0.29) is 18.0 Å². The normalized spacial score (nSPS) is 12.3. The Morgan fingerprint density at radius 3 is 2.68 bits per heavy atom. The highest BCUT2D eigenvalue weighted by molar-refractivity contribution is 7.13. The molecule has 0 saturated carbocycles. The van der Waals surface area contributed by atoms with Crippen molar-refractivity contribution in [2.24, 2.45) is 0 Å². The lowest BCUT2D eigenvalue weighted by Crippen LogP contribution is -2.08. The number of carbonyl (C=O) groups is 1. The van der Waals surface area contributed by atoms with Gasteiger partial charge >= 0.3 is 0 Å². The van der Waals surface area contributed by atoms with Crippen molar-refractivity contribution >= 4 is 34.7 Å². The Hall–Kier alpha value is -3.65. The van der Waals surface area contributed by atoms with Gasteiger partial charge in [0.05, 0.1) is 16.6 Å². The second-order valence-corrected chi connectivity index (χ2v) is 6.81. The SMILES string of the molecule is O=C(/C=C/c1cc2c(cc1[N+](=O)[O-])OCO2)Nc1ccccc1-c1cccs1. The van der Waals surface area contributed by atoms with E-state index in [4.69, 9.17) is 9.47 Å². The van der Waals surface area contributed by atoms with Crippen LogP contribution in [-0.4, -0.2) is 17.6 Å². The third-order valence-electron chi connectivity index (χ3n) is 4.10. The van der Waals surface area contributed by atoms with Crippen LogP contribution in [0.15, 0.2) is 60.0 Å². The van der Waals surface area contributed by atoms with Crippen LogP contribution in [0.25, 0.3) is 16.5 Å². The Labute approximate surface area is 164 Å². The van der Waals surface area contributed by atoms with E-state index in [1.807, 2.05) is 41.8 Å². The van der Waals surface area contributed by atoms with Gasteiger partial charge < -0.3 is 14.8 Å². The van der Waals surface area contributed by atoms with Crippen molar-refractivity contribution in [1.82, 2.24) is 0 Å². The molecule has 2 aromatic carbocycles. The number of fused-ring (bicyclic) bond motifs is 1. The molecule has 1 aliphatic rings. The quantitative estimate of drug-likeness (QED) is 0.385. The molecule has 1 aliphatic heterocycles. The van der Waals surface area contributed by atoms with Gasteiger partial charge in [-0.15, -0.1) is 11.3 Å². The van der Waals surface area contributed by atoms with Crippen LogP contribution in [0, 0.1) is 10.1 Å². The number of benzene rings is 2. The van der Waals surface area contributed by atoms with E-state index in [2.05, 4.69) is 5.32 Å². The first kappa shape index (κ1) is 17.7. The fourth-order valence-corrected chi connectivity index (χ4v) is 3.58. The van der Waals surface area contributed by atoms with Crippen LogP contribution in [0.3, 0.4) is 0 Å². The van der Waals surface area contributed by atoms with Crippen LogP contribution in [0.4, 0.5) is 11.4 Å². The molecule has 3 aromatic rings. The molecule has 4 rings (SSSR count). The molecule has 1 amide bonds. The number of nitro groups is 1. The molecule has 28 heavy (non-hydrogen) atoms. The molecule has 0 saturated heterocycles. The molecule has 0 radical (unpaired) electrons. The molecule has 0 aliphatic carbocycles. The summed E-state index contributed by atoms with van der Waals surface area (Å²) >= 11 is 1.57. The molecule has 8 heteroatoms. The number of hydrogen-bond donors (Lipinski definition) is 1. The summed E-state index contributed by atoms with van der Waals surface area (Å²) in [5, 5.41) is 16.1. The van der Waals surface area contributed by atoms with Crippen LogP contribution in [0.2, 0.25) is 0 Å². The third kappa shape index (κ3) is 3.58. The maximum atomic E-state index is 12.4. The molecule has 0 atom stereocenters. The lowest BCUT2D eigenvalue weighted by molar-refractivity contribution is -0.385. The van der Waals surface area contributed by atoms with Gasteiger partial charge in [0.25, 0.3) is 5.69 Å². The second-order valence-electron chi connectivity index (χ2n) is 5.87. The summed E-state index contributed by atoms with van der Waals surface area (Å²) in [6.07, 6.45) is 2.65. The molecule has 1 N–H and O–H groups in total. The molecule has 7 nitrogen and oxygen atoms in total. The maximum absolute atomic E-state index is 12.4. The van der Waals surface area contributed by atoms with Crippen LogP contribution in [-0.2, 0) is 4.79 Å². The number of rotatable bonds is 5. The Balaban J connectivity index is 1.57. The summed E-state index contributed by atoms with van der Waals surface area (Å²) in [5.74, 6) is 0.336. The van der Waals surface area contributed by atoms with E-state index in [9.17, 15) is 14.9 Å². The zero-order valence-corrected chi connectivity index (χ0v) is 15.3. The molecule has 1 aromatic heterocycles. The molecule has 0 bridgehead atoms. The third-order valence-corrected chi connectivity index (χ3v) is 5.01. The molecule has 2 heterocycles. The largest absolute Gasteiger partial charge is 0.454 e. The highest BCUT2D eigenvalue weighted by atomic mass is 32.1. The highest BCUT2D eigenvalue weighted by Crippen LogP contribution is 2.38. The van der Waals surface area contributed by atoms with Gasteiger partial charge in [0.2, 0.25) is 12.7 Å². The fraction of sp³-hybridized carbons (Fsp3) is 0.0500. The van der Waals surface area contributed by atoms with Gasteiger partial charge in [-0.1, -0.05) is 24.3 Å². The maximum Gasteiger partial charge on any atom is 0.280 e. The number of anilines is 1. The number of para-hydroxylation sites is 1. The van der Waals surface area contributed by atoms with Gasteiger partial charge in [-0.25, -0.2) is 0 Å². The van der Waals surface area contributed by atoms with E-state index >= 15 is 0 Å². The summed E-state index contributed by atoms with van der Waals surface area (Å²) in [6.45, 7) is 0.0135. The fourth-order valence-electron chi connectivity index (χ4n) is 2.82. The topological polar surface area (TPSA) is 90.7 Å². The number of nitro benzene ring substituents is 1. The minimum absolute atomic E-state index is 0.0135. The second kappa shape index (κ2) is 7.53. The number of hydrogen-bond acceptors (Lipinski definition) is 6. The predicted molar refractivity (Wildman–Crippen MR) is 107 cm³/mol. The first-order valence-electron chi connectivity index (χ1n) is 8.32. The van der Waals surface area contributed by atoms with Crippen molar-refractivity contribution in [3.63, 3.8) is 0 Å². The van der Waals surface area contributed by atoms with Gasteiger partial charge in [0, 0.05) is 22.2 Å². The van der Waals surface area contributed by atoms with Crippen LogP contribution in [0.1, 0.15) is 5.56 Å². The number of nitrogens with zero attached hydrogens (tertiary/aromatic N) is 1. The molecular formula is C20H14N2O5S. The number of carbonyl (C=O) groups excluding carboxylic acids is 1. The molecule has 0 spiro atoms. The standard InChI is InChI=1S/C20H14N2O5S/c23-20(21-15-5-2-1-4-14(15)19-6-3-9-28-19)8-7-13-10-17-18(27-12-26-17)11-16(13)22(24)25/h1-11H,12H2,(H,21,23)/b8-7+. The highest BCUT2D eigenvalue weighted by Gasteiger charge is 2.22. The lowest BCUT2D eigenvalue weighted by atomic mass is 10.1. The minimum Gasteiger partial charge on any atom is -0.454 e. The molecule has 0 unspecified atom stereocenters. The van der Waals surface area contributed by atoms with Crippen molar-refractivity contribution in [3.8, 4) is 21.9 Å². The van der Waals surface area contributed by atoms with Gasteiger partial charge in [-0.05, 0) is 29.7 Å². The minimum atomic E-state index is -0.522. The van der Waals surface area contributed by atoms with E-state index in [0.29, 0.717) is 17.2 Å². The van der Waals surface area contributed by atoms with E-state index in [1.54, 1.807) is 11.3 Å². The summed E-state index contributed by atoms with van der Waals surface area (Å²) in [6, 6.07) is 14.2. The average Bonchev–Trinajstić information content (AvgIpc) is 3.37.